The molecule has 1 rings (SSSR count). The number of ether oxygens (including phenoxy) is 1. The summed E-state index contributed by atoms with van der Waals surface area (Å²) >= 11 is 0. The van der Waals surface area contributed by atoms with Gasteiger partial charge in [0.15, 0.2) is 0 Å². The second kappa shape index (κ2) is 7.99. The molecule has 0 bridgehead atoms. The van der Waals surface area contributed by atoms with E-state index in [4.69, 9.17) is 4.74 Å². The normalized spacial score (nSPS) is 9.55. The summed E-state index contributed by atoms with van der Waals surface area (Å²) in [6.07, 6.45) is 1.64. The van der Waals surface area contributed by atoms with Crippen molar-refractivity contribution in [1.82, 2.24) is 10.6 Å². The Bertz CT molecular complexity index is 488. The Kier molecular flexibility index (Phi) is 6.29. The number of nitrogens with one attached hydrogen (secondary N) is 2. The maximum absolute atomic E-state index is 11.5. The third kappa shape index (κ3) is 5.56. The van der Waals surface area contributed by atoms with Gasteiger partial charge in [0.2, 0.25) is 0 Å². The molecule has 0 heterocycles. The van der Waals surface area contributed by atoms with E-state index >= 15 is 0 Å². The van der Waals surface area contributed by atoms with Gasteiger partial charge in [-0.25, -0.2) is 9.59 Å². The predicted octanol–water partition coefficient (Wildman–Crippen LogP) is 2.59. The number of benzene rings is 1. The highest BCUT2D eigenvalue weighted by atomic mass is 16.5. The van der Waals surface area contributed by atoms with Gasteiger partial charge in [-0.15, -0.1) is 0 Å². The largest absolute Gasteiger partial charge is 0.462 e. The van der Waals surface area contributed by atoms with Crippen LogP contribution in [-0.2, 0) is 11.3 Å². The fraction of sp³-hybridized carbons (Fsp3) is 0.333. The van der Waals surface area contributed by atoms with Gasteiger partial charge < -0.3 is 15.4 Å². The van der Waals surface area contributed by atoms with E-state index in [0.29, 0.717) is 18.7 Å². The van der Waals surface area contributed by atoms with Gasteiger partial charge in [0.1, 0.15) is 0 Å². The van der Waals surface area contributed by atoms with Crippen molar-refractivity contribution in [2.24, 2.45) is 0 Å². The summed E-state index contributed by atoms with van der Waals surface area (Å²) in [6, 6.07) is 6.67. The molecule has 0 spiro atoms. The van der Waals surface area contributed by atoms with E-state index < -0.39 is 0 Å². The number of allylic oxidation sites excluding steroid dienone is 1. The first-order valence-electron chi connectivity index (χ1n) is 6.46. The van der Waals surface area contributed by atoms with Crippen molar-refractivity contribution in [2.45, 2.75) is 27.3 Å². The van der Waals surface area contributed by atoms with E-state index in [0.717, 1.165) is 11.1 Å². The molecule has 2 amide bonds. The molecule has 1 aromatic rings. The van der Waals surface area contributed by atoms with Gasteiger partial charge in [-0.05, 0) is 38.5 Å². The third-order valence-electron chi connectivity index (χ3n) is 2.41. The summed E-state index contributed by atoms with van der Waals surface area (Å²) in [5.41, 5.74) is 2.42. The molecular formula is C15H20N2O3. The minimum absolute atomic E-state index is 0.263. The Labute approximate surface area is 119 Å². The van der Waals surface area contributed by atoms with Crippen molar-refractivity contribution in [1.29, 1.82) is 0 Å². The molecule has 2 N–H and O–H groups in total. The predicted molar refractivity (Wildman–Crippen MR) is 77.2 cm³/mol. The number of urea groups is 1. The lowest BCUT2D eigenvalue weighted by Crippen LogP contribution is -2.31. The van der Waals surface area contributed by atoms with Gasteiger partial charge in [-0.1, -0.05) is 17.7 Å². The minimum Gasteiger partial charge on any atom is -0.462 e. The number of carbonyl (C=O) groups excluding carboxylic acids is 2. The number of amides is 2. The highest BCUT2D eigenvalue weighted by molar-refractivity contribution is 5.89. The van der Waals surface area contributed by atoms with Crippen LogP contribution in [0.15, 0.2) is 36.0 Å². The monoisotopic (exact) mass is 276 g/mol. The molecule has 0 saturated heterocycles. The van der Waals surface area contributed by atoms with Crippen molar-refractivity contribution in [2.75, 3.05) is 6.61 Å². The first kappa shape index (κ1) is 15.8. The SMILES string of the molecule is CCOC(=O)c1ccc(CNC(=O)NC=C(C)C)cc1. The summed E-state index contributed by atoms with van der Waals surface area (Å²) in [7, 11) is 0. The molecule has 20 heavy (non-hydrogen) atoms. The summed E-state index contributed by atoms with van der Waals surface area (Å²) in [6.45, 7) is 6.31. The standard InChI is InChI=1S/C15H20N2O3/c1-4-20-14(18)13-7-5-12(6-8-13)10-17-15(19)16-9-11(2)3/h5-9H,4,10H2,1-3H3,(H2,16,17,19). The van der Waals surface area contributed by atoms with Gasteiger partial charge >= 0.3 is 12.0 Å². The number of hydrogen-bond acceptors (Lipinski definition) is 3. The molecule has 0 atom stereocenters. The Morgan fingerprint density at radius 3 is 2.40 bits per heavy atom. The van der Waals surface area contributed by atoms with E-state index in [1.54, 1.807) is 37.4 Å². The zero-order chi connectivity index (χ0) is 15.0. The molecule has 5 nitrogen and oxygen atoms in total. The lowest BCUT2D eigenvalue weighted by Gasteiger charge is -2.06. The van der Waals surface area contributed by atoms with Crippen LogP contribution in [0.4, 0.5) is 4.79 Å². The first-order valence-corrected chi connectivity index (χ1v) is 6.46. The minimum atomic E-state index is -0.340. The quantitative estimate of drug-likeness (QED) is 0.812. The molecule has 0 aliphatic rings. The maximum Gasteiger partial charge on any atom is 0.338 e. The molecule has 0 saturated carbocycles. The number of carbonyl (C=O) groups is 2. The Hall–Kier alpha value is -2.30. The number of hydrogen-bond donors (Lipinski definition) is 2. The van der Waals surface area contributed by atoms with Crippen molar-refractivity contribution >= 4 is 12.0 Å². The Balaban J connectivity index is 2.48. The fourth-order valence-corrected chi connectivity index (χ4v) is 1.42. The number of rotatable bonds is 5. The van der Waals surface area contributed by atoms with Gasteiger partial charge in [0.25, 0.3) is 0 Å². The summed E-state index contributed by atoms with van der Waals surface area (Å²) in [5, 5.41) is 5.33. The molecule has 0 aromatic heterocycles. The first-order chi connectivity index (χ1) is 9.52. The zero-order valence-electron chi connectivity index (χ0n) is 12.0. The van der Waals surface area contributed by atoms with Gasteiger partial charge in [-0.3, -0.25) is 0 Å². The number of esters is 1. The van der Waals surface area contributed by atoms with Crippen molar-refractivity contribution in [3.63, 3.8) is 0 Å². The smallest absolute Gasteiger partial charge is 0.338 e. The Morgan fingerprint density at radius 2 is 1.85 bits per heavy atom. The van der Waals surface area contributed by atoms with Crippen LogP contribution in [0.2, 0.25) is 0 Å². The molecule has 0 unspecified atom stereocenters. The van der Waals surface area contributed by atoms with Crippen LogP contribution in [0.1, 0.15) is 36.7 Å². The molecule has 5 heteroatoms. The topological polar surface area (TPSA) is 67.4 Å². The van der Waals surface area contributed by atoms with Crippen molar-refractivity contribution < 1.29 is 14.3 Å². The van der Waals surface area contributed by atoms with E-state index in [1.807, 2.05) is 13.8 Å². The highest BCUT2D eigenvalue weighted by Crippen LogP contribution is 2.06. The van der Waals surface area contributed by atoms with Gasteiger partial charge in [0.05, 0.1) is 12.2 Å². The van der Waals surface area contributed by atoms with E-state index in [2.05, 4.69) is 10.6 Å². The second-order valence-corrected chi connectivity index (χ2v) is 4.47. The summed E-state index contributed by atoms with van der Waals surface area (Å²) in [4.78, 5) is 22.9. The lowest BCUT2D eigenvalue weighted by molar-refractivity contribution is 0.0526. The molecule has 108 valence electrons. The van der Waals surface area contributed by atoms with Gasteiger partial charge in [-0.2, -0.15) is 0 Å². The van der Waals surface area contributed by atoms with Crippen LogP contribution in [0.25, 0.3) is 0 Å². The summed E-state index contributed by atoms with van der Waals surface area (Å²) in [5.74, 6) is -0.340. The average molecular weight is 276 g/mol. The molecular weight excluding hydrogens is 256 g/mol. The fourth-order valence-electron chi connectivity index (χ4n) is 1.42. The lowest BCUT2D eigenvalue weighted by atomic mass is 10.1. The zero-order valence-corrected chi connectivity index (χ0v) is 12.0. The van der Waals surface area contributed by atoms with Crippen LogP contribution in [0, 0.1) is 0 Å². The molecule has 0 radical (unpaired) electrons. The summed E-state index contributed by atoms with van der Waals surface area (Å²) < 4.78 is 4.90. The third-order valence-corrected chi connectivity index (χ3v) is 2.41. The van der Waals surface area contributed by atoms with E-state index in [-0.39, 0.29) is 12.0 Å². The second-order valence-electron chi connectivity index (χ2n) is 4.47. The van der Waals surface area contributed by atoms with Gasteiger partial charge in [0, 0.05) is 12.7 Å². The van der Waals surface area contributed by atoms with Crippen molar-refractivity contribution in [3.8, 4) is 0 Å². The molecule has 0 aliphatic carbocycles. The van der Waals surface area contributed by atoms with Crippen LogP contribution in [0.5, 0.6) is 0 Å². The van der Waals surface area contributed by atoms with Crippen LogP contribution < -0.4 is 10.6 Å². The van der Waals surface area contributed by atoms with Crippen LogP contribution in [0.3, 0.4) is 0 Å². The maximum atomic E-state index is 11.5. The van der Waals surface area contributed by atoms with E-state index in [1.165, 1.54) is 0 Å². The van der Waals surface area contributed by atoms with Crippen molar-refractivity contribution in [3.05, 3.63) is 47.2 Å². The average Bonchev–Trinajstić information content (AvgIpc) is 2.43. The molecule has 0 aliphatic heterocycles. The molecule has 0 fully saturated rings. The van der Waals surface area contributed by atoms with Crippen LogP contribution >= 0.6 is 0 Å². The van der Waals surface area contributed by atoms with Crippen LogP contribution in [-0.4, -0.2) is 18.6 Å². The van der Waals surface area contributed by atoms with E-state index in [9.17, 15) is 9.59 Å². The highest BCUT2D eigenvalue weighted by Gasteiger charge is 2.05. The Morgan fingerprint density at radius 1 is 1.20 bits per heavy atom. The molecule has 1 aromatic carbocycles.